The smallest absolute Gasteiger partial charge is 0.326 e. The molecule has 0 radical (unpaired) electrons. The average molecular weight is 250 g/mol. The summed E-state index contributed by atoms with van der Waals surface area (Å²) < 4.78 is 1.87. The molecule has 0 bridgehead atoms. The van der Waals surface area contributed by atoms with Crippen LogP contribution in [-0.4, -0.2) is 39.0 Å². The quantitative estimate of drug-likeness (QED) is 0.863. The van der Waals surface area contributed by atoms with Gasteiger partial charge in [-0.15, -0.1) is 0 Å². The Morgan fingerprint density at radius 1 is 1.39 bits per heavy atom. The van der Waals surface area contributed by atoms with Crippen LogP contribution >= 0.6 is 0 Å². The number of nitrogens with zero attached hydrogens (tertiary/aromatic N) is 2. The number of hydrogen-bond acceptors (Lipinski definition) is 2. The Kier molecular flexibility index (Phi) is 3.41. The predicted octanol–water partition coefficient (Wildman–Crippen LogP) is 1.41. The summed E-state index contributed by atoms with van der Waals surface area (Å²) in [5.41, 5.74) is 1.47. The van der Waals surface area contributed by atoms with Crippen molar-refractivity contribution in [1.29, 1.82) is 0 Å². The van der Waals surface area contributed by atoms with Gasteiger partial charge in [-0.2, -0.15) is 0 Å². The highest BCUT2D eigenvalue weighted by Crippen LogP contribution is 2.21. The number of carboxylic acids is 1. The Bertz CT molecular complexity index is 479. The van der Waals surface area contributed by atoms with Crippen molar-refractivity contribution in [3.8, 4) is 0 Å². The molecule has 1 saturated heterocycles. The first kappa shape index (κ1) is 12.7. The summed E-state index contributed by atoms with van der Waals surface area (Å²) in [5, 5.41) is 9.18. The van der Waals surface area contributed by atoms with Gasteiger partial charge in [0.1, 0.15) is 6.04 Å². The van der Waals surface area contributed by atoms with Gasteiger partial charge in [0.15, 0.2) is 0 Å². The van der Waals surface area contributed by atoms with Crippen LogP contribution in [0.4, 0.5) is 0 Å². The van der Waals surface area contributed by atoms with Gasteiger partial charge in [0.2, 0.25) is 0 Å². The van der Waals surface area contributed by atoms with E-state index in [2.05, 4.69) is 0 Å². The Morgan fingerprint density at radius 3 is 2.67 bits per heavy atom. The Balaban J connectivity index is 2.26. The summed E-state index contributed by atoms with van der Waals surface area (Å²) in [7, 11) is 1.87. The van der Waals surface area contributed by atoms with Crippen LogP contribution in [0.1, 0.15) is 35.3 Å². The Labute approximate surface area is 106 Å². The number of hydrogen-bond donors (Lipinski definition) is 1. The van der Waals surface area contributed by atoms with Gasteiger partial charge in [-0.25, -0.2) is 4.79 Å². The SMILES string of the molecule is Cc1c(C(=O)N2CCCC[C@@H]2C(=O)O)ccn1C. The molecular weight excluding hydrogens is 232 g/mol. The first-order valence-corrected chi connectivity index (χ1v) is 6.18. The maximum atomic E-state index is 12.4. The third kappa shape index (κ3) is 2.12. The summed E-state index contributed by atoms with van der Waals surface area (Å²) in [4.78, 5) is 25.1. The fourth-order valence-corrected chi connectivity index (χ4v) is 2.42. The molecule has 1 amide bonds. The van der Waals surface area contributed by atoms with Gasteiger partial charge in [0, 0.05) is 25.5 Å². The van der Waals surface area contributed by atoms with Crippen LogP contribution < -0.4 is 0 Å². The molecule has 0 saturated carbocycles. The second-order valence-electron chi connectivity index (χ2n) is 4.77. The van der Waals surface area contributed by atoms with E-state index in [1.807, 2.05) is 24.7 Å². The zero-order valence-electron chi connectivity index (χ0n) is 10.7. The lowest BCUT2D eigenvalue weighted by molar-refractivity contribution is -0.143. The fourth-order valence-electron chi connectivity index (χ4n) is 2.42. The number of carbonyl (C=O) groups excluding carboxylic acids is 1. The number of carboxylic acid groups (broad SMARTS) is 1. The van der Waals surface area contributed by atoms with Crippen molar-refractivity contribution >= 4 is 11.9 Å². The minimum absolute atomic E-state index is 0.166. The van der Waals surface area contributed by atoms with Crippen molar-refractivity contribution in [2.24, 2.45) is 7.05 Å². The minimum atomic E-state index is -0.906. The van der Waals surface area contributed by atoms with Gasteiger partial charge in [0.05, 0.1) is 5.56 Å². The average Bonchev–Trinajstić information content (AvgIpc) is 2.69. The molecule has 1 N–H and O–H groups in total. The van der Waals surface area contributed by atoms with Crippen molar-refractivity contribution in [2.45, 2.75) is 32.2 Å². The molecular formula is C13H18N2O3. The van der Waals surface area contributed by atoms with Gasteiger partial charge >= 0.3 is 5.97 Å². The number of aliphatic carboxylic acids is 1. The summed E-state index contributed by atoms with van der Waals surface area (Å²) in [6, 6.07) is 1.08. The standard InChI is InChI=1S/C13H18N2O3/c1-9-10(6-8-14(9)2)12(16)15-7-4-3-5-11(15)13(17)18/h6,8,11H,3-5,7H2,1-2H3,(H,17,18)/t11-/m1/s1. The normalized spacial score (nSPS) is 19.9. The van der Waals surface area contributed by atoms with Crippen LogP contribution in [0.25, 0.3) is 0 Å². The van der Waals surface area contributed by atoms with Crippen LogP contribution in [0.5, 0.6) is 0 Å². The van der Waals surface area contributed by atoms with E-state index in [-0.39, 0.29) is 5.91 Å². The lowest BCUT2D eigenvalue weighted by Gasteiger charge is -2.33. The molecule has 0 spiro atoms. The molecule has 1 fully saturated rings. The Hall–Kier alpha value is -1.78. The van der Waals surface area contributed by atoms with Crippen molar-refractivity contribution in [3.05, 3.63) is 23.5 Å². The zero-order valence-corrected chi connectivity index (χ0v) is 10.7. The van der Waals surface area contributed by atoms with Crippen LogP contribution in [-0.2, 0) is 11.8 Å². The summed E-state index contributed by atoms with van der Waals surface area (Å²) in [6.45, 7) is 2.40. The van der Waals surface area contributed by atoms with Gasteiger partial charge in [-0.3, -0.25) is 4.79 Å². The lowest BCUT2D eigenvalue weighted by atomic mass is 10.0. The molecule has 0 unspecified atom stereocenters. The highest BCUT2D eigenvalue weighted by molar-refractivity contribution is 5.97. The summed E-state index contributed by atoms with van der Waals surface area (Å²) in [6.07, 6.45) is 4.12. The molecule has 1 aliphatic heterocycles. The van der Waals surface area contributed by atoms with E-state index in [9.17, 15) is 14.7 Å². The number of carbonyl (C=O) groups is 2. The van der Waals surface area contributed by atoms with Gasteiger partial charge in [-0.05, 0) is 32.3 Å². The van der Waals surface area contributed by atoms with Crippen LogP contribution in [0.15, 0.2) is 12.3 Å². The number of rotatable bonds is 2. The number of amides is 1. The maximum absolute atomic E-state index is 12.4. The largest absolute Gasteiger partial charge is 0.480 e. The first-order chi connectivity index (χ1) is 8.52. The van der Waals surface area contributed by atoms with E-state index in [0.717, 1.165) is 18.5 Å². The fraction of sp³-hybridized carbons (Fsp3) is 0.538. The molecule has 18 heavy (non-hydrogen) atoms. The van der Waals surface area contributed by atoms with Gasteiger partial charge < -0.3 is 14.6 Å². The number of aromatic nitrogens is 1. The van der Waals surface area contributed by atoms with E-state index in [4.69, 9.17) is 0 Å². The van der Waals surface area contributed by atoms with Crippen LogP contribution in [0.3, 0.4) is 0 Å². The molecule has 5 heteroatoms. The van der Waals surface area contributed by atoms with Crippen molar-refractivity contribution in [2.75, 3.05) is 6.54 Å². The third-order valence-corrected chi connectivity index (χ3v) is 3.66. The zero-order chi connectivity index (χ0) is 13.3. The van der Waals surface area contributed by atoms with Crippen molar-refractivity contribution in [1.82, 2.24) is 9.47 Å². The first-order valence-electron chi connectivity index (χ1n) is 6.18. The van der Waals surface area contributed by atoms with E-state index in [1.165, 1.54) is 4.90 Å². The lowest BCUT2D eigenvalue weighted by Crippen LogP contribution is -2.48. The van der Waals surface area contributed by atoms with Gasteiger partial charge in [-0.1, -0.05) is 0 Å². The molecule has 2 rings (SSSR count). The second kappa shape index (κ2) is 4.84. The minimum Gasteiger partial charge on any atom is -0.480 e. The molecule has 98 valence electrons. The molecule has 0 aromatic carbocycles. The molecule has 1 atom stereocenters. The van der Waals surface area contributed by atoms with Crippen molar-refractivity contribution < 1.29 is 14.7 Å². The highest BCUT2D eigenvalue weighted by Gasteiger charge is 2.33. The van der Waals surface area contributed by atoms with Crippen molar-refractivity contribution in [3.63, 3.8) is 0 Å². The molecule has 5 nitrogen and oxygen atoms in total. The topological polar surface area (TPSA) is 62.5 Å². The number of aryl methyl sites for hydroxylation is 1. The summed E-state index contributed by atoms with van der Waals surface area (Å²) in [5.74, 6) is -1.07. The highest BCUT2D eigenvalue weighted by atomic mass is 16.4. The van der Waals surface area contributed by atoms with E-state index in [0.29, 0.717) is 18.5 Å². The molecule has 2 heterocycles. The van der Waals surface area contributed by atoms with E-state index < -0.39 is 12.0 Å². The van der Waals surface area contributed by atoms with E-state index >= 15 is 0 Å². The second-order valence-corrected chi connectivity index (χ2v) is 4.77. The van der Waals surface area contributed by atoms with E-state index in [1.54, 1.807) is 6.07 Å². The molecule has 1 aliphatic rings. The van der Waals surface area contributed by atoms with Gasteiger partial charge in [0.25, 0.3) is 5.91 Å². The third-order valence-electron chi connectivity index (χ3n) is 3.66. The molecule has 1 aromatic heterocycles. The molecule has 0 aliphatic carbocycles. The predicted molar refractivity (Wildman–Crippen MR) is 66.5 cm³/mol. The van der Waals surface area contributed by atoms with Crippen LogP contribution in [0.2, 0.25) is 0 Å². The monoisotopic (exact) mass is 250 g/mol. The number of piperidine rings is 1. The molecule has 1 aromatic rings. The maximum Gasteiger partial charge on any atom is 0.326 e. The summed E-state index contributed by atoms with van der Waals surface area (Å²) >= 11 is 0. The Morgan fingerprint density at radius 2 is 2.11 bits per heavy atom. The van der Waals surface area contributed by atoms with Crippen LogP contribution in [0, 0.1) is 6.92 Å². The number of likely N-dealkylation sites (tertiary alicyclic amines) is 1.